The fourth-order valence-corrected chi connectivity index (χ4v) is 1.04. The standard InChI is InChI=1S/C10H23N3S/c1-6-11-9(12-7-2)13-8-10(3,4)14-5/h6-8H2,1-5H3,(H2,11,12,13). The molecule has 0 bridgehead atoms. The summed E-state index contributed by atoms with van der Waals surface area (Å²) in [6.07, 6.45) is 2.12. The molecule has 84 valence electrons. The molecule has 0 heterocycles. The number of nitrogens with one attached hydrogen (secondary N) is 2. The zero-order valence-corrected chi connectivity index (χ0v) is 10.8. The molecule has 0 aliphatic rings. The van der Waals surface area contributed by atoms with Crippen LogP contribution in [0.15, 0.2) is 4.99 Å². The monoisotopic (exact) mass is 217 g/mol. The van der Waals surface area contributed by atoms with E-state index in [-0.39, 0.29) is 4.75 Å². The third kappa shape index (κ3) is 6.13. The van der Waals surface area contributed by atoms with Crippen LogP contribution < -0.4 is 10.6 Å². The summed E-state index contributed by atoms with van der Waals surface area (Å²) in [6.45, 7) is 11.2. The number of aliphatic imine (C=N–C) groups is 1. The van der Waals surface area contributed by atoms with Crippen LogP contribution in [0.2, 0.25) is 0 Å². The lowest BCUT2D eigenvalue weighted by molar-refractivity contribution is 0.713. The van der Waals surface area contributed by atoms with E-state index in [1.807, 2.05) is 11.8 Å². The third-order valence-electron chi connectivity index (χ3n) is 1.86. The first kappa shape index (κ1) is 13.6. The van der Waals surface area contributed by atoms with E-state index in [1.54, 1.807) is 0 Å². The average Bonchev–Trinajstić information content (AvgIpc) is 2.15. The van der Waals surface area contributed by atoms with Crippen molar-refractivity contribution in [2.75, 3.05) is 25.9 Å². The average molecular weight is 217 g/mol. The van der Waals surface area contributed by atoms with Crippen LogP contribution in [0, 0.1) is 0 Å². The Morgan fingerprint density at radius 2 is 1.71 bits per heavy atom. The van der Waals surface area contributed by atoms with Crippen molar-refractivity contribution < 1.29 is 0 Å². The molecule has 0 fully saturated rings. The molecule has 0 rings (SSSR count). The maximum atomic E-state index is 4.52. The highest BCUT2D eigenvalue weighted by atomic mass is 32.2. The number of hydrogen-bond donors (Lipinski definition) is 2. The highest BCUT2D eigenvalue weighted by Gasteiger charge is 2.14. The molecule has 0 saturated heterocycles. The van der Waals surface area contributed by atoms with Gasteiger partial charge < -0.3 is 10.6 Å². The quantitative estimate of drug-likeness (QED) is 0.543. The van der Waals surface area contributed by atoms with Gasteiger partial charge in [-0.3, -0.25) is 4.99 Å². The topological polar surface area (TPSA) is 36.4 Å². The summed E-state index contributed by atoms with van der Waals surface area (Å²) in [4.78, 5) is 4.52. The molecule has 4 heteroatoms. The van der Waals surface area contributed by atoms with Gasteiger partial charge in [-0.05, 0) is 34.0 Å². The van der Waals surface area contributed by atoms with E-state index in [1.165, 1.54) is 0 Å². The molecule has 0 radical (unpaired) electrons. The summed E-state index contributed by atoms with van der Waals surface area (Å²) in [6, 6.07) is 0. The zero-order chi connectivity index (χ0) is 11.0. The molecule has 0 unspecified atom stereocenters. The molecule has 0 saturated carbocycles. The van der Waals surface area contributed by atoms with E-state index in [4.69, 9.17) is 0 Å². The van der Waals surface area contributed by atoms with Crippen LogP contribution >= 0.6 is 11.8 Å². The Balaban J connectivity index is 4.13. The van der Waals surface area contributed by atoms with Gasteiger partial charge in [-0.15, -0.1) is 0 Å². The van der Waals surface area contributed by atoms with Gasteiger partial charge in [-0.25, -0.2) is 0 Å². The second-order valence-corrected chi connectivity index (χ2v) is 5.20. The van der Waals surface area contributed by atoms with E-state index in [0.717, 1.165) is 25.6 Å². The van der Waals surface area contributed by atoms with Crippen molar-refractivity contribution in [1.29, 1.82) is 0 Å². The first-order chi connectivity index (χ1) is 6.55. The third-order valence-corrected chi connectivity index (χ3v) is 3.09. The van der Waals surface area contributed by atoms with Crippen LogP contribution in [-0.2, 0) is 0 Å². The Morgan fingerprint density at radius 3 is 2.07 bits per heavy atom. The minimum atomic E-state index is 0.218. The highest BCUT2D eigenvalue weighted by Crippen LogP contribution is 2.20. The first-order valence-electron chi connectivity index (χ1n) is 5.13. The van der Waals surface area contributed by atoms with E-state index < -0.39 is 0 Å². The van der Waals surface area contributed by atoms with Gasteiger partial charge in [0.2, 0.25) is 0 Å². The number of hydrogen-bond acceptors (Lipinski definition) is 2. The van der Waals surface area contributed by atoms with Gasteiger partial charge >= 0.3 is 0 Å². The first-order valence-corrected chi connectivity index (χ1v) is 6.35. The molecular weight excluding hydrogens is 194 g/mol. The van der Waals surface area contributed by atoms with Gasteiger partial charge in [-0.1, -0.05) is 0 Å². The Hall–Kier alpha value is -0.380. The van der Waals surface area contributed by atoms with E-state index >= 15 is 0 Å². The lowest BCUT2D eigenvalue weighted by Gasteiger charge is -2.20. The van der Waals surface area contributed by atoms with Crippen LogP contribution in [0.3, 0.4) is 0 Å². The maximum absolute atomic E-state index is 4.52. The summed E-state index contributed by atoms with van der Waals surface area (Å²) in [7, 11) is 0. The number of guanidine groups is 1. The summed E-state index contributed by atoms with van der Waals surface area (Å²) < 4.78 is 0.218. The molecule has 0 aliphatic carbocycles. The van der Waals surface area contributed by atoms with Crippen molar-refractivity contribution in [3.05, 3.63) is 0 Å². The predicted molar refractivity (Wildman–Crippen MR) is 67.2 cm³/mol. The Kier molecular flexibility index (Phi) is 6.79. The Bertz CT molecular complexity index is 170. The van der Waals surface area contributed by atoms with Gasteiger partial charge in [0.25, 0.3) is 0 Å². The van der Waals surface area contributed by atoms with Crippen LogP contribution in [0.25, 0.3) is 0 Å². The summed E-state index contributed by atoms with van der Waals surface area (Å²) in [5, 5.41) is 6.42. The van der Waals surface area contributed by atoms with E-state index in [9.17, 15) is 0 Å². The van der Waals surface area contributed by atoms with E-state index in [2.05, 4.69) is 49.6 Å². The molecule has 0 aromatic carbocycles. The van der Waals surface area contributed by atoms with Crippen LogP contribution in [0.4, 0.5) is 0 Å². The number of nitrogens with zero attached hydrogens (tertiary/aromatic N) is 1. The molecule has 0 amide bonds. The molecule has 0 aliphatic heterocycles. The highest BCUT2D eigenvalue weighted by molar-refractivity contribution is 7.99. The smallest absolute Gasteiger partial charge is 0.191 e. The second kappa shape index (κ2) is 6.98. The molecule has 0 atom stereocenters. The molecular formula is C10H23N3S. The lowest BCUT2D eigenvalue weighted by Crippen LogP contribution is -2.38. The van der Waals surface area contributed by atoms with Gasteiger partial charge in [0, 0.05) is 17.8 Å². The minimum Gasteiger partial charge on any atom is -0.357 e. The largest absolute Gasteiger partial charge is 0.357 e. The molecule has 0 spiro atoms. The van der Waals surface area contributed by atoms with Crippen LogP contribution in [0.1, 0.15) is 27.7 Å². The minimum absolute atomic E-state index is 0.218. The fraction of sp³-hybridized carbons (Fsp3) is 0.900. The summed E-state index contributed by atoms with van der Waals surface area (Å²) >= 11 is 1.84. The van der Waals surface area contributed by atoms with Gasteiger partial charge in [0.1, 0.15) is 0 Å². The summed E-state index contributed by atoms with van der Waals surface area (Å²) in [5.41, 5.74) is 0. The van der Waals surface area contributed by atoms with Crippen molar-refractivity contribution in [2.45, 2.75) is 32.4 Å². The SMILES string of the molecule is CCNC(=NCC(C)(C)SC)NCC. The van der Waals surface area contributed by atoms with Crippen LogP contribution in [-0.4, -0.2) is 36.6 Å². The summed E-state index contributed by atoms with van der Waals surface area (Å²) in [5.74, 6) is 0.914. The normalized spacial score (nSPS) is 10.9. The van der Waals surface area contributed by atoms with Crippen molar-refractivity contribution in [2.24, 2.45) is 4.99 Å². The molecule has 2 N–H and O–H groups in total. The van der Waals surface area contributed by atoms with Crippen LogP contribution in [0.5, 0.6) is 0 Å². The Labute approximate surface area is 92.1 Å². The number of thioether (sulfide) groups is 1. The van der Waals surface area contributed by atoms with Gasteiger partial charge in [0.05, 0.1) is 6.54 Å². The van der Waals surface area contributed by atoms with Crippen molar-refractivity contribution >= 4 is 17.7 Å². The fourth-order valence-electron chi connectivity index (χ4n) is 0.843. The molecule has 3 nitrogen and oxygen atoms in total. The van der Waals surface area contributed by atoms with Gasteiger partial charge in [0.15, 0.2) is 5.96 Å². The predicted octanol–water partition coefficient (Wildman–Crippen LogP) is 1.70. The van der Waals surface area contributed by atoms with Crippen molar-refractivity contribution in [3.8, 4) is 0 Å². The molecule has 0 aromatic rings. The Morgan fingerprint density at radius 1 is 1.21 bits per heavy atom. The molecule has 0 aromatic heterocycles. The lowest BCUT2D eigenvalue weighted by atomic mass is 10.2. The second-order valence-electron chi connectivity index (χ2n) is 3.69. The van der Waals surface area contributed by atoms with Gasteiger partial charge in [-0.2, -0.15) is 11.8 Å². The maximum Gasteiger partial charge on any atom is 0.191 e. The van der Waals surface area contributed by atoms with E-state index in [0.29, 0.717) is 0 Å². The zero-order valence-electron chi connectivity index (χ0n) is 9.98. The van der Waals surface area contributed by atoms with Crippen molar-refractivity contribution in [1.82, 2.24) is 10.6 Å². The van der Waals surface area contributed by atoms with Crippen molar-refractivity contribution in [3.63, 3.8) is 0 Å². The molecule has 14 heavy (non-hydrogen) atoms. The number of rotatable bonds is 5.